The van der Waals surface area contributed by atoms with Gasteiger partial charge in [0.2, 0.25) is 0 Å². The molecule has 6 heteroatoms. The summed E-state index contributed by atoms with van der Waals surface area (Å²) in [5.41, 5.74) is 0.498. The van der Waals surface area contributed by atoms with Gasteiger partial charge in [0.1, 0.15) is 11.5 Å². The highest BCUT2D eigenvalue weighted by Gasteiger charge is 2.37. The Morgan fingerprint density at radius 3 is 2.22 bits per heavy atom. The molecule has 5 nitrogen and oxygen atoms in total. The molecular formula is C12H20NO4P. The van der Waals surface area contributed by atoms with E-state index < -0.39 is 13.4 Å². The summed E-state index contributed by atoms with van der Waals surface area (Å²) >= 11 is 0. The van der Waals surface area contributed by atoms with E-state index in [1.54, 1.807) is 24.3 Å². The predicted molar refractivity (Wildman–Crippen MR) is 70.7 cm³/mol. The van der Waals surface area contributed by atoms with Crippen LogP contribution in [-0.2, 0) is 13.6 Å². The van der Waals surface area contributed by atoms with Gasteiger partial charge in [0.05, 0.1) is 0 Å². The fourth-order valence-corrected chi connectivity index (χ4v) is 3.28. The van der Waals surface area contributed by atoms with Crippen molar-refractivity contribution in [3.63, 3.8) is 0 Å². The molecule has 1 rings (SSSR count). The predicted octanol–water partition coefficient (Wildman–Crippen LogP) is 2.87. The van der Waals surface area contributed by atoms with Crippen LogP contribution in [0, 0.1) is 0 Å². The molecule has 0 spiro atoms. The van der Waals surface area contributed by atoms with Crippen LogP contribution in [0.25, 0.3) is 0 Å². The van der Waals surface area contributed by atoms with E-state index in [4.69, 9.17) is 9.05 Å². The van der Waals surface area contributed by atoms with E-state index in [1.807, 2.05) is 13.8 Å². The van der Waals surface area contributed by atoms with Crippen LogP contribution >= 0.6 is 7.60 Å². The minimum Gasteiger partial charge on any atom is -0.508 e. The van der Waals surface area contributed by atoms with Crippen LogP contribution in [0.4, 0.5) is 0 Å². The number of hydrogen-bond acceptors (Lipinski definition) is 5. The molecule has 1 aromatic rings. The van der Waals surface area contributed by atoms with Gasteiger partial charge in [-0.1, -0.05) is 18.2 Å². The molecule has 0 bridgehead atoms. The molecule has 2 N–H and O–H groups in total. The van der Waals surface area contributed by atoms with Crippen molar-refractivity contribution in [1.29, 1.82) is 0 Å². The van der Waals surface area contributed by atoms with Gasteiger partial charge < -0.3 is 14.2 Å². The Morgan fingerprint density at radius 2 is 1.78 bits per heavy atom. The highest BCUT2D eigenvalue weighted by Crippen LogP contribution is 2.59. The van der Waals surface area contributed by atoms with Gasteiger partial charge in [-0.05, 0) is 19.9 Å². The molecule has 0 radical (unpaired) electrons. The first-order valence-electron chi connectivity index (χ1n) is 5.69. The second-order valence-electron chi connectivity index (χ2n) is 4.19. The summed E-state index contributed by atoms with van der Waals surface area (Å²) in [6.07, 6.45) is 0. The highest BCUT2D eigenvalue weighted by atomic mass is 31.2. The SMILES string of the molecule is COP(=O)(OC)C(NC(C)C)c1ccccc1O. The van der Waals surface area contributed by atoms with Crippen LogP contribution in [0.5, 0.6) is 5.75 Å². The molecule has 0 fully saturated rings. The molecule has 18 heavy (non-hydrogen) atoms. The Bertz CT molecular complexity index is 428. The molecule has 0 amide bonds. The summed E-state index contributed by atoms with van der Waals surface area (Å²) in [6, 6.07) is 6.77. The van der Waals surface area contributed by atoms with Crippen LogP contribution in [-0.4, -0.2) is 25.4 Å². The van der Waals surface area contributed by atoms with Gasteiger partial charge in [-0.25, -0.2) is 0 Å². The van der Waals surface area contributed by atoms with Gasteiger partial charge in [-0.3, -0.25) is 9.88 Å². The van der Waals surface area contributed by atoms with Crippen molar-refractivity contribution >= 4 is 7.60 Å². The number of rotatable bonds is 6. The third kappa shape index (κ3) is 3.33. The van der Waals surface area contributed by atoms with Crippen LogP contribution in [0.15, 0.2) is 24.3 Å². The van der Waals surface area contributed by atoms with Crippen LogP contribution < -0.4 is 5.32 Å². The Labute approximate surface area is 108 Å². The van der Waals surface area contributed by atoms with Crippen molar-refractivity contribution in [3.05, 3.63) is 29.8 Å². The van der Waals surface area contributed by atoms with E-state index in [9.17, 15) is 9.67 Å². The van der Waals surface area contributed by atoms with Crippen LogP contribution in [0.3, 0.4) is 0 Å². The van der Waals surface area contributed by atoms with E-state index >= 15 is 0 Å². The molecule has 0 aliphatic carbocycles. The lowest BCUT2D eigenvalue weighted by molar-refractivity contribution is 0.256. The average Bonchev–Trinajstić information content (AvgIpc) is 2.36. The Hall–Kier alpha value is -0.870. The Morgan fingerprint density at radius 1 is 1.22 bits per heavy atom. The van der Waals surface area contributed by atoms with Crippen molar-refractivity contribution in [2.24, 2.45) is 0 Å². The number of aromatic hydroxyl groups is 1. The van der Waals surface area contributed by atoms with Crippen LogP contribution in [0.2, 0.25) is 0 Å². The maximum atomic E-state index is 12.5. The van der Waals surface area contributed by atoms with Crippen molar-refractivity contribution in [2.75, 3.05) is 14.2 Å². The molecule has 1 atom stereocenters. The first-order valence-corrected chi connectivity index (χ1v) is 7.31. The molecule has 0 heterocycles. The van der Waals surface area contributed by atoms with Gasteiger partial charge >= 0.3 is 7.60 Å². The highest BCUT2D eigenvalue weighted by molar-refractivity contribution is 7.54. The van der Waals surface area contributed by atoms with Crippen molar-refractivity contribution < 1.29 is 18.7 Å². The van der Waals surface area contributed by atoms with E-state index in [1.165, 1.54) is 14.2 Å². The van der Waals surface area contributed by atoms with Crippen molar-refractivity contribution in [1.82, 2.24) is 5.32 Å². The fourth-order valence-electron chi connectivity index (χ4n) is 1.67. The minimum atomic E-state index is -3.37. The maximum absolute atomic E-state index is 12.5. The standard InChI is InChI=1S/C12H20NO4P/c1-9(2)13-12(18(15,16-3)17-4)10-7-5-6-8-11(10)14/h5-9,12-14H,1-4H3. The molecular weight excluding hydrogens is 253 g/mol. The number of benzene rings is 1. The van der Waals surface area contributed by atoms with Crippen LogP contribution in [0.1, 0.15) is 25.2 Å². The molecule has 0 aliphatic heterocycles. The monoisotopic (exact) mass is 273 g/mol. The third-order valence-electron chi connectivity index (χ3n) is 2.55. The smallest absolute Gasteiger partial charge is 0.351 e. The summed E-state index contributed by atoms with van der Waals surface area (Å²) in [5, 5.41) is 13.0. The summed E-state index contributed by atoms with van der Waals surface area (Å²) in [4.78, 5) is 0. The zero-order valence-electron chi connectivity index (χ0n) is 11.1. The van der Waals surface area contributed by atoms with Gasteiger partial charge in [0.25, 0.3) is 0 Å². The summed E-state index contributed by atoms with van der Waals surface area (Å²) < 4.78 is 22.6. The van der Waals surface area contributed by atoms with E-state index in [0.29, 0.717) is 5.56 Å². The van der Waals surface area contributed by atoms with Crippen molar-refractivity contribution in [2.45, 2.75) is 25.7 Å². The zero-order chi connectivity index (χ0) is 13.8. The molecule has 0 saturated heterocycles. The quantitative estimate of drug-likeness (QED) is 0.780. The lowest BCUT2D eigenvalue weighted by Crippen LogP contribution is -2.29. The molecule has 1 unspecified atom stereocenters. The normalized spacial score (nSPS) is 13.8. The molecule has 0 aromatic heterocycles. The summed E-state index contributed by atoms with van der Waals surface area (Å²) in [5.74, 6) is -0.640. The third-order valence-corrected chi connectivity index (χ3v) is 4.63. The Kier molecular flexibility index (Phi) is 5.35. The lowest BCUT2D eigenvalue weighted by atomic mass is 10.2. The van der Waals surface area contributed by atoms with Gasteiger partial charge in [0, 0.05) is 25.8 Å². The van der Waals surface area contributed by atoms with Gasteiger partial charge in [0.15, 0.2) is 0 Å². The number of phenolic OH excluding ortho intramolecular Hbond substituents is 1. The Balaban J connectivity index is 3.22. The zero-order valence-corrected chi connectivity index (χ0v) is 12.0. The molecule has 102 valence electrons. The second-order valence-corrected chi connectivity index (χ2v) is 6.51. The van der Waals surface area contributed by atoms with E-state index in [0.717, 1.165) is 0 Å². The lowest BCUT2D eigenvalue weighted by Gasteiger charge is -2.27. The first kappa shape index (κ1) is 15.2. The largest absolute Gasteiger partial charge is 0.508 e. The maximum Gasteiger partial charge on any atom is 0.351 e. The van der Waals surface area contributed by atoms with Gasteiger partial charge in [-0.2, -0.15) is 0 Å². The average molecular weight is 273 g/mol. The minimum absolute atomic E-state index is 0.0602. The molecule has 0 aliphatic rings. The van der Waals surface area contributed by atoms with E-state index in [-0.39, 0.29) is 11.8 Å². The van der Waals surface area contributed by atoms with Gasteiger partial charge in [-0.15, -0.1) is 0 Å². The molecule has 1 aromatic carbocycles. The number of para-hydroxylation sites is 1. The number of phenols is 1. The first-order chi connectivity index (χ1) is 8.44. The summed E-state index contributed by atoms with van der Waals surface area (Å²) in [6.45, 7) is 3.84. The molecule has 0 saturated carbocycles. The van der Waals surface area contributed by atoms with Crippen molar-refractivity contribution in [3.8, 4) is 5.75 Å². The summed E-state index contributed by atoms with van der Waals surface area (Å²) in [7, 11) is -0.700. The topological polar surface area (TPSA) is 67.8 Å². The fraction of sp³-hybridized carbons (Fsp3) is 0.500. The second kappa shape index (κ2) is 6.34. The van der Waals surface area contributed by atoms with E-state index in [2.05, 4.69) is 5.32 Å². The number of nitrogens with one attached hydrogen (secondary N) is 1. The number of hydrogen-bond donors (Lipinski definition) is 2.